The SMILES string of the molecule is O=C1N=NC=CC1=S(=O)=O. The predicted molar refractivity (Wildman–Crippen MR) is 32.9 cm³/mol. The summed E-state index contributed by atoms with van der Waals surface area (Å²) in [6, 6.07) is 0. The molecule has 10 heavy (non-hydrogen) atoms. The second-order valence-electron chi connectivity index (χ2n) is 1.44. The molecule has 0 N–H and O–H groups in total. The molecule has 1 heterocycles. The number of carbonyl (C=O) groups excluding carboxylic acids is 1. The third-order valence-electron chi connectivity index (χ3n) is 0.831. The van der Waals surface area contributed by atoms with E-state index in [4.69, 9.17) is 0 Å². The summed E-state index contributed by atoms with van der Waals surface area (Å²) < 4.78 is 20.3. The molecule has 1 amide bonds. The van der Waals surface area contributed by atoms with Crippen LogP contribution in [0.4, 0.5) is 0 Å². The molecule has 0 aliphatic carbocycles. The van der Waals surface area contributed by atoms with E-state index < -0.39 is 16.2 Å². The van der Waals surface area contributed by atoms with Crippen molar-refractivity contribution in [2.45, 2.75) is 0 Å². The van der Waals surface area contributed by atoms with Crippen LogP contribution in [-0.2, 0) is 15.1 Å². The van der Waals surface area contributed by atoms with Gasteiger partial charge in [0.25, 0.3) is 0 Å². The van der Waals surface area contributed by atoms with E-state index in [1.165, 1.54) is 0 Å². The Morgan fingerprint density at radius 3 is 2.50 bits per heavy atom. The summed E-state index contributed by atoms with van der Waals surface area (Å²) in [4.78, 5) is 10.1. The van der Waals surface area contributed by atoms with E-state index in [1.807, 2.05) is 0 Å². The van der Waals surface area contributed by atoms with E-state index in [-0.39, 0.29) is 4.86 Å². The average molecular weight is 158 g/mol. The highest BCUT2D eigenvalue weighted by Crippen LogP contribution is 1.93. The van der Waals surface area contributed by atoms with Crippen molar-refractivity contribution < 1.29 is 13.2 Å². The maximum atomic E-state index is 10.5. The van der Waals surface area contributed by atoms with Gasteiger partial charge in [0.05, 0.1) is 6.20 Å². The van der Waals surface area contributed by atoms with Crippen molar-refractivity contribution in [3.8, 4) is 0 Å². The minimum absolute atomic E-state index is 0.352. The molecule has 0 saturated heterocycles. The van der Waals surface area contributed by atoms with E-state index in [1.54, 1.807) is 0 Å². The van der Waals surface area contributed by atoms with Gasteiger partial charge in [0.1, 0.15) is 0 Å². The topological polar surface area (TPSA) is 75.9 Å². The molecule has 0 spiro atoms. The van der Waals surface area contributed by atoms with Gasteiger partial charge in [-0.3, -0.25) is 4.79 Å². The van der Waals surface area contributed by atoms with Crippen LogP contribution in [-0.4, -0.2) is 19.2 Å². The standard InChI is InChI=1S/C4H2N2O3S/c7-4-3(10(8)9)1-2-5-6-4/h1-2H. The smallest absolute Gasteiger partial charge is 0.264 e. The van der Waals surface area contributed by atoms with Crippen molar-refractivity contribution in [2.24, 2.45) is 10.2 Å². The van der Waals surface area contributed by atoms with Gasteiger partial charge < -0.3 is 0 Å². The molecule has 0 bridgehead atoms. The highest BCUT2D eigenvalue weighted by Gasteiger charge is 2.10. The fourth-order valence-corrected chi connectivity index (χ4v) is 0.790. The molecule has 0 radical (unpaired) electrons. The maximum absolute atomic E-state index is 10.5. The van der Waals surface area contributed by atoms with Gasteiger partial charge >= 0.3 is 5.91 Å². The number of hydrogen-bond donors (Lipinski definition) is 0. The second-order valence-corrected chi connectivity index (χ2v) is 2.34. The van der Waals surface area contributed by atoms with Crippen molar-refractivity contribution in [2.75, 3.05) is 0 Å². The molecule has 0 fully saturated rings. The number of hydrogen-bond acceptors (Lipinski definition) is 4. The molecule has 0 aromatic rings. The zero-order valence-corrected chi connectivity index (χ0v) is 5.50. The lowest BCUT2D eigenvalue weighted by atomic mass is 10.4. The van der Waals surface area contributed by atoms with E-state index in [9.17, 15) is 13.2 Å². The van der Waals surface area contributed by atoms with Crippen LogP contribution in [0.5, 0.6) is 0 Å². The van der Waals surface area contributed by atoms with E-state index in [0.29, 0.717) is 0 Å². The summed E-state index contributed by atoms with van der Waals surface area (Å²) in [6.07, 6.45) is 2.24. The molecule has 1 aliphatic heterocycles. The Bertz CT molecular complexity index is 341. The van der Waals surface area contributed by atoms with Gasteiger partial charge in [-0.05, 0) is 6.08 Å². The lowest BCUT2D eigenvalue weighted by Crippen LogP contribution is -2.10. The molecule has 1 aliphatic rings. The third kappa shape index (κ3) is 1.16. The first kappa shape index (κ1) is 6.81. The van der Waals surface area contributed by atoms with Crippen LogP contribution < -0.4 is 0 Å². The number of nitrogens with zero attached hydrogens (tertiary/aromatic N) is 2. The molecule has 5 nitrogen and oxygen atoms in total. The van der Waals surface area contributed by atoms with Crippen molar-refractivity contribution >= 4 is 21.1 Å². The van der Waals surface area contributed by atoms with Crippen molar-refractivity contribution in [3.05, 3.63) is 12.3 Å². The summed E-state index contributed by atoms with van der Waals surface area (Å²) >= 11 is 0. The molecule has 0 aromatic carbocycles. The number of azo groups is 1. The van der Waals surface area contributed by atoms with Crippen LogP contribution in [0, 0.1) is 0 Å². The minimum Gasteiger partial charge on any atom is -0.264 e. The molecular weight excluding hydrogens is 156 g/mol. The van der Waals surface area contributed by atoms with Gasteiger partial charge in [-0.15, -0.1) is 5.11 Å². The number of rotatable bonds is 0. The first-order valence-corrected chi connectivity index (χ1v) is 3.37. The number of amides is 1. The minimum atomic E-state index is -2.51. The van der Waals surface area contributed by atoms with Crippen LogP contribution in [0.2, 0.25) is 0 Å². The fraction of sp³-hybridized carbons (Fsp3) is 0. The Kier molecular flexibility index (Phi) is 1.72. The largest absolute Gasteiger partial charge is 0.311 e. The zero-order chi connectivity index (χ0) is 7.56. The Balaban J connectivity index is 3.28. The van der Waals surface area contributed by atoms with Gasteiger partial charge in [-0.25, -0.2) is 0 Å². The first-order chi connectivity index (χ1) is 4.72. The molecule has 0 aromatic heterocycles. The van der Waals surface area contributed by atoms with Crippen molar-refractivity contribution in [1.29, 1.82) is 0 Å². The highest BCUT2D eigenvalue weighted by molar-refractivity contribution is 7.75. The summed E-state index contributed by atoms with van der Waals surface area (Å²) in [5, 5.41) is 6.19. The molecule has 52 valence electrons. The summed E-state index contributed by atoms with van der Waals surface area (Å²) in [5.41, 5.74) is 0. The van der Waals surface area contributed by atoms with Crippen LogP contribution in [0.15, 0.2) is 22.5 Å². The van der Waals surface area contributed by atoms with Gasteiger partial charge in [-0.1, -0.05) is 0 Å². The van der Waals surface area contributed by atoms with E-state index >= 15 is 0 Å². The number of carbonyl (C=O) groups is 1. The van der Waals surface area contributed by atoms with Gasteiger partial charge in [0.2, 0.25) is 10.3 Å². The van der Waals surface area contributed by atoms with Crippen molar-refractivity contribution in [1.82, 2.24) is 0 Å². The second kappa shape index (κ2) is 2.53. The van der Waals surface area contributed by atoms with Crippen LogP contribution >= 0.6 is 0 Å². The van der Waals surface area contributed by atoms with Crippen LogP contribution in [0.25, 0.3) is 0 Å². The zero-order valence-electron chi connectivity index (χ0n) is 4.68. The third-order valence-corrected chi connectivity index (χ3v) is 1.50. The fourth-order valence-electron chi connectivity index (χ4n) is 0.434. The van der Waals surface area contributed by atoms with Crippen molar-refractivity contribution in [3.63, 3.8) is 0 Å². The molecule has 0 atom stereocenters. The van der Waals surface area contributed by atoms with Crippen LogP contribution in [0.1, 0.15) is 0 Å². The molecule has 0 saturated carbocycles. The van der Waals surface area contributed by atoms with Crippen LogP contribution in [0.3, 0.4) is 0 Å². The molecular formula is C4H2N2O3S. The first-order valence-electron chi connectivity index (χ1n) is 2.30. The van der Waals surface area contributed by atoms with E-state index in [2.05, 4.69) is 10.2 Å². The lowest BCUT2D eigenvalue weighted by Gasteiger charge is -1.89. The predicted octanol–water partition coefficient (Wildman–Crippen LogP) is -0.456. The van der Waals surface area contributed by atoms with Gasteiger partial charge in [0.15, 0.2) is 4.86 Å². The Hall–Kier alpha value is -1.30. The normalized spacial score (nSPS) is 16.0. The summed E-state index contributed by atoms with van der Waals surface area (Å²) in [7, 11) is -2.51. The Labute approximate surface area is 57.6 Å². The molecule has 1 rings (SSSR count). The average Bonchev–Trinajstić information content (AvgIpc) is 1.88. The molecule has 0 unspecified atom stereocenters. The highest BCUT2D eigenvalue weighted by atomic mass is 32.2. The van der Waals surface area contributed by atoms with Gasteiger partial charge in [-0.2, -0.15) is 13.5 Å². The quantitative estimate of drug-likeness (QED) is 0.448. The summed E-state index contributed by atoms with van der Waals surface area (Å²) in [6.45, 7) is 0. The van der Waals surface area contributed by atoms with Gasteiger partial charge in [0, 0.05) is 0 Å². The maximum Gasteiger partial charge on any atom is 0.311 e. The van der Waals surface area contributed by atoms with E-state index in [0.717, 1.165) is 12.3 Å². The Morgan fingerprint density at radius 1 is 1.40 bits per heavy atom. The molecule has 6 heteroatoms. The Morgan fingerprint density at radius 2 is 2.10 bits per heavy atom. The lowest BCUT2D eigenvalue weighted by molar-refractivity contribution is -0.112. The monoisotopic (exact) mass is 158 g/mol. The summed E-state index contributed by atoms with van der Waals surface area (Å²) in [5.74, 6) is -0.823.